The SMILES string of the molecule is O=C(c1ccccc1)c1ccc(OCCCCCCCCCCOc2ccc(-c3ccc(O)cc3)cc2)cc1. The van der Waals surface area contributed by atoms with Crippen molar-refractivity contribution in [1.29, 1.82) is 0 Å². The van der Waals surface area contributed by atoms with Gasteiger partial charge in [-0.15, -0.1) is 0 Å². The van der Waals surface area contributed by atoms with Gasteiger partial charge in [-0.1, -0.05) is 93.1 Å². The van der Waals surface area contributed by atoms with Crippen molar-refractivity contribution >= 4 is 5.78 Å². The lowest BCUT2D eigenvalue weighted by molar-refractivity contribution is 0.103. The van der Waals surface area contributed by atoms with E-state index in [1.807, 2.05) is 78.9 Å². The van der Waals surface area contributed by atoms with Crippen molar-refractivity contribution in [3.63, 3.8) is 0 Å². The summed E-state index contributed by atoms with van der Waals surface area (Å²) in [6.45, 7) is 1.45. The summed E-state index contributed by atoms with van der Waals surface area (Å²) in [6.07, 6.45) is 9.49. The van der Waals surface area contributed by atoms with Gasteiger partial charge in [0.05, 0.1) is 13.2 Å². The smallest absolute Gasteiger partial charge is 0.193 e. The van der Waals surface area contributed by atoms with Gasteiger partial charge in [-0.3, -0.25) is 4.79 Å². The summed E-state index contributed by atoms with van der Waals surface area (Å²) in [7, 11) is 0. The van der Waals surface area contributed by atoms with Crippen molar-refractivity contribution in [1.82, 2.24) is 0 Å². The van der Waals surface area contributed by atoms with Crippen LogP contribution in [0.4, 0.5) is 0 Å². The zero-order chi connectivity index (χ0) is 27.1. The molecule has 4 aromatic carbocycles. The third kappa shape index (κ3) is 9.33. The van der Waals surface area contributed by atoms with Crippen LogP contribution < -0.4 is 9.47 Å². The van der Waals surface area contributed by atoms with Crippen LogP contribution in [0.1, 0.15) is 67.3 Å². The molecule has 0 unspecified atom stereocenters. The van der Waals surface area contributed by atoms with E-state index < -0.39 is 0 Å². The summed E-state index contributed by atoms with van der Waals surface area (Å²) in [5.74, 6) is 2.03. The molecule has 0 radical (unpaired) electrons. The van der Waals surface area contributed by atoms with Gasteiger partial charge in [0, 0.05) is 11.1 Å². The Kier molecular flexibility index (Phi) is 11.0. The topological polar surface area (TPSA) is 55.8 Å². The summed E-state index contributed by atoms with van der Waals surface area (Å²) in [6, 6.07) is 32.1. The van der Waals surface area contributed by atoms with Crippen LogP contribution in [0.25, 0.3) is 11.1 Å². The number of unbranched alkanes of at least 4 members (excludes halogenated alkanes) is 7. The van der Waals surface area contributed by atoms with Crippen molar-refractivity contribution in [2.45, 2.75) is 51.4 Å². The summed E-state index contributed by atoms with van der Waals surface area (Å²) < 4.78 is 11.7. The Labute approximate surface area is 232 Å². The Hall–Kier alpha value is -4.05. The molecular formula is C35H38O4. The molecular weight excluding hydrogens is 484 g/mol. The molecule has 0 saturated carbocycles. The van der Waals surface area contributed by atoms with Gasteiger partial charge < -0.3 is 14.6 Å². The normalized spacial score (nSPS) is 10.8. The molecule has 0 aliphatic carbocycles. The van der Waals surface area contributed by atoms with Gasteiger partial charge >= 0.3 is 0 Å². The number of benzene rings is 4. The highest BCUT2D eigenvalue weighted by atomic mass is 16.5. The number of phenols is 1. The Morgan fingerprint density at radius 2 is 0.897 bits per heavy atom. The zero-order valence-electron chi connectivity index (χ0n) is 22.6. The molecule has 0 saturated heterocycles. The number of hydrogen-bond donors (Lipinski definition) is 1. The highest BCUT2D eigenvalue weighted by Gasteiger charge is 2.08. The molecule has 4 nitrogen and oxygen atoms in total. The maximum atomic E-state index is 12.5. The van der Waals surface area contributed by atoms with Crippen molar-refractivity contribution in [2.24, 2.45) is 0 Å². The number of ether oxygens (including phenoxy) is 2. The van der Waals surface area contributed by atoms with Crippen LogP contribution in [0.15, 0.2) is 103 Å². The lowest BCUT2D eigenvalue weighted by Gasteiger charge is -2.08. The largest absolute Gasteiger partial charge is 0.508 e. The van der Waals surface area contributed by atoms with Crippen LogP contribution in [0.2, 0.25) is 0 Å². The lowest BCUT2D eigenvalue weighted by atomic mass is 10.0. The highest BCUT2D eigenvalue weighted by Crippen LogP contribution is 2.24. The van der Waals surface area contributed by atoms with Crippen molar-refractivity contribution in [2.75, 3.05) is 13.2 Å². The van der Waals surface area contributed by atoms with Gasteiger partial charge in [-0.2, -0.15) is 0 Å². The van der Waals surface area contributed by atoms with Gasteiger partial charge in [0.15, 0.2) is 5.78 Å². The Bertz CT molecular complexity index is 1250. The van der Waals surface area contributed by atoms with E-state index in [4.69, 9.17) is 9.47 Å². The molecule has 202 valence electrons. The molecule has 0 spiro atoms. The number of hydrogen-bond acceptors (Lipinski definition) is 4. The standard InChI is InChI=1S/C35H38O4/c36-32-20-14-28(15-21-32)29-16-22-33(23-17-29)38-26-10-5-3-1-2-4-6-11-27-39-34-24-18-31(19-25-34)35(37)30-12-8-7-9-13-30/h7-9,12-25,36H,1-6,10-11,26-27H2. The van der Waals surface area contributed by atoms with Crippen LogP contribution in [0.5, 0.6) is 17.2 Å². The van der Waals surface area contributed by atoms with E-state index in [9.17, 15) is 9.90 Å². The number of rotatable bonds is 16. The van der Waals surface area contributed by atoms with E-state index in [0.717, 1.165) is 42.1 Å². The number of phenolic OH excluding ortho intramolecular Hbond substituents is 1. The molecule has 4 heteroatoms. The van der Waals surface area contributed by atoms with Crippen LogP contribution >= 0.6 is 0 Å². The predicted molar refractivity (Wildman–Crippen MR) is 158 cm³/mol. The van der Waals surface area contributed by atoms with E-state index in [1.54, 1.807) is 12.1 Å². The summed E-state index contributed by atoms with van der Waals surface area (Å²) in [5.41, 5.74) is 3.57. The van der Waals surface area contributed by atoms with E-state index in [1.165, 1.54) is 38.5 Å². The Balaban J connectivity index is 0.984. The van der Waals surface area contributed by atoms with Gasteiger partial charge in [0.1, 0.15) is 17.2 Å². The minimum atomic E-state index is 0.0344. The van der Waals surface area contributed by atoms with E-state index >= 15 is 0 Å². The molecule has 0 amide bonds. The second-order valence-electron chi connectivity index (χ2n) is 9.82. The maximum Gasteiger partial charge on any atom is 0.193 e. The summed E-state index contributed by atoms with van der Waals surface area (Å²) >= 11 is 0. The van der Waals surface area contributed by atoms with Crippen LogP contribution in [0, 0.1) is 0 Å². The van der Waals surface area contributed by atoms with Crippen molar-refractivity contribution in [3.8, 4) is 28.4 Å². The van der Waals surface area contributed by atoms with Gasteiger partial charge in [0.25, 0.3) is 0 Å². The van der Waals surface area contributed by atoms with Crippen LogP contribution in [-0.2, 0) is 0 Å². The average Bonchev–Trinajstić information content (AvgIpc) is 2.99. The number of carbonyl (C=O) groups is 1. The second-order valence-corrected chi connectivity index (χ2v) is 9.82. The van der Waals surface area contributed by atoms with Gasteiger partial charge in [0.2, 0.25) is 0 Å². The molecule has 1 N–H and O–H groups in total. The first kappa shape index (κ1) is 28.0. The molecule has 4 aromatic rings. The third-order valence-electron chi connectivity index (χ3n) is 6.78. The van der Waals surface area contributed by atoms with Crippen LogP contribution in [0.3, 0.4) is 0 Å². The van der Waals surface area contributed by atoms with E-state index in [0.29, 0.717) is 17.7 Å². The predicted octanol–water partition coefficient (Wildman–Crippen LogP) is 8.87. The quantitative estimate of drug-likeness (QED) is 0.118. The van der Waals surface area contributed by atoms with Crippen molar-refractivity contribution < 1.29 is 19.4 Å². The monoisotopic (exact) mass is 522 g/mol. The average molecular weight is 523 g/mol. The second kappa shape index (κ2) is 15.4. The fourth-order valence-electron chi connectivity index (χ4n) is 4.50. The number of aromatic hydroxyl groups is 1. The highest BCUT2D eigenvalue weighted by molar-refractivity contribution is 6.08. The lowest BCUT2D eigenvalue weighted by Crippen LogP contribution is -2.01. The van der Waals surface area contributed by atoms with E-state index in [2.05, 4.69) is 12.1 Å². The van der Waals surface area contributed by atoms with E-state index in [-0.39, 0.29) is 11.5 Å². The first-order chi connectivity index (χ1) is 19.2. The summed E-state index contributed by atoms with van der Waals surface area (Å²) in [5, 5.41) is 9.43. The number of ketones is 1. The van der Waals surface area contributed by atoms with Crippen LogP contribution in [-0.4, -0.2) is 24.1 Å². The molecule has 39 heavy (non-hydrogen) atoms. The molecule has 0 aliphatic rings. The fourth-order valence-corrected chi connectivity index (χ4v) is 4.50. The fraction of sp³-hybridized carbons (Fsp3) is 0.286. The molecule has 4 rings (SSSR count). The first-order valence-electron chi connectivity index (χ1n) is 14.0. The maximum absolute atomic E-state index is 12.5. The van der Waals surface area contributed by atoms with Crippen molar-refractivity contribution in [3.05, 3.63) is 114 Å². The first-order valence-corrected chi connectivity index (χ1v) is 14.0. The summed E-state index contributed by atoms with van der Waals surface area (Å²) in [4.78, 5) is 12.5. The molecule has 0 atom stereocenters. The zero-order valence-corrected chi connectivity index (χ0v) is 22.6. The Morgan fingerprint density at radius 3 is 1.41 bits per heavy atom. The third-order valence-corrected chi connectivity index (χ3v) is 6.78. The molecule has 0 aliphatic heterocycles. The minimum absolute atomic E-state index is 0.0344. The minimum Gasteiger partial charge on any atom is -0.508 e. The molecule has 0 aromatic heterocycles. The molecule has 0 bridgehead atoms. The molecule has 0 heterocycles. The van der Waals surface area contributed by atoms with Gasteiger partial charge in [-0.25, -0.2) is 0 Å². The Morgan fingerprint density at radius 1 is 0.487 bits per heavy atom. The number of carbonyl (C=O) groups excluding carboxylic acids is 1. The van der Waals surface area contributed by atoms with Gasteiger partial charge in [-0.05, 0) is 72.5 Å². The molecule has 0 fully saturated rings.